The fourth-order valence-corrected chi connectivity index (χ4v) is 5.10. The van der Waals surface area contributed by atoms with E-state index in [1.165, 1.54) is 40.8 Å². The zero-order chi connectivity index (χ0) is 22.4. The number of nitrogens with zero attached hydrogens (tertiary/aromatic N) is 3. The van der Waals surface area contributed by atoms with E-state index >= 15 is 0 Å². The van der Waals surface area contributed by atoms with Gasteiger partial charge in [-0.3, -0.25) is 0 Å². The first-order valence-electron chi connectivity index (χ1n) is 11.2. The van der Waals surface area contributed by atoms with Crippen LogP contribution in [0.2, 0.25) is 0 Å². The van der Waals surface area contributed by atoms with Gasteiger partial charge in [0.2, 0.25) is 0 Å². The SMILES string of the molecule is CC1=CC(=C(C#N)C#N)C=C(/C=C/c2cc3c4c(c2)C(C)(C)CCN4CCC3(C)C)C1. The molecule has 0 radical (unpaired) electrons. The van der Waals surface area contributed by atoms with Crippen molar-refractivity contribution in [3.63, 3.8) is 0 Å². The average Bonchev–Trinajstić information content (AvgIpc) is 2.71. The Hall–Kier alpha value is -3.04. The monoisotopic (exact) mass is 409 g/mol. The molecule has 0 saturated carbocycles. The van der Waals surface area contributed by atoms with Gasteiger partial charge in [-0.1, -0.05) is 51.5 Å². The molecule has 0 fully saturated rings. The molecule has 3 heteroatoms. The second kappa shape index (κ2) is 7.58. The number of hydrogen-bond acceptors (Lipinski definition) is 3. The van der Waals surface area contributed by atoms with Crippen LogP contribution in [-0.2, 0) is 10.8 Å². The maximum Gasteiger partial charge on any atom is 0.136 e. The van der Waals surface area contributed by atoms with E-state index in [-0.39, 0.29) is 16.4 Å². The first kappa shape index (κ1) is 21.2. The summed E-state index contributed by atoms with van der Waals surface area (Å²) in [4.78, 5) is 2.59. The highest BCUT2D eigenvalue weighted by Crippen LogP contribution is 2.49. The molecular weight excluding hydrogens is 378 g/mol. The van der Waals surface area contributed by atoms with Crippen molar-refractivity contribution in [1.82, 2.24) is 0 Å². The highest BCUT2D eigenvalue weighted by Gasteiger charge is 2.39. The number of benzene rings is 1. The lowest BCUT2D eigenvalue weighted by atomic mass is 9.69. The molecule has 4 rings (SSSR count). The number of nitriles is 2. The summed E-state index contributed by atoms with van der Waals surface area (Å²) >= 11 is 0. The van der Waals surface area contributed by atoms with Crippen molar-refractivity contribution in [2.24, 2.45) is 0 Å². The summed E-state index contributed by atoms with van der Waals surface area (Å²) in [6, 6.07) is 8.78. The van der Waals surface area contributed by atoms with Crippen LogP contribution < -0.4 is 4.90 Å². The van der Waals surface area contributed by atoms with Crippen LogP contribution in [0.1, 0.15) is 70.6 Å². The minimum Gasteiger partial charge on any atom is -0.371 e. The lowest BCUT2D eigenvalue weighted by Gasteiger charge is -2.48. The Balaban J connectivity index is 1.77. The maximum absolute atomic E-state index is 9.24. The lowest BCUT2D eigenvalue weighted by molar-refractivity contribution is 0.401. The van der Waals surface area contributed by atoms with E-state index in [1.54, 1.807) is 0 Å². The van der Waals surface area contributed by atoms with Gasteiger partial charge in [0.25, 0.3) is 0 Å². The molecule has 0 saturated heterocycles. The molecule has 0 atom stereocenters. The predicted octanol–water partition coefficient (Wildman–Crippen LogP) is 6.49. The molecule has 31 heavy (non-hydrogen) atoms. The van der Waals surface area contributed by atoms with Gasteiger partial charge >= 0.3 is 0 Å². The molecule has 0 N–H and O–H groups in total. The minimum absolute atomic E-state index is 0.172. The van der Waals surface area contributed by atoms with Gasteiger partial charge in [0, 0.05) is 24.4 Å². The molecule has 158 valence electrons. The van der Waals surface area contributed by atoms with Crippen LogP contribution in [0.3, 0.4) is 0 Å². The normalized spacial score (nSPS) is 21.0. The second-order valence-electron chi connectivity index (χ2n) is 10.5. The summed E-state index contributed by atoms with van der Waals surface area (Å²) in [5.41, 5.74) is 9.17. The standard InChI is InChI=1S/C28H31N3/c1-19-12-20(14-22(13-19)23(17-29)18-30)6-7-21-15-24-26-25(16-21)28(4,5)9-11-31(26)10-8-27(24,2)3/h6-7,13-16H,8-12H2,1-5H3/b7-6+. The molecule has 0 unspecified atom stereocenters. The van der Waals surface area contributed by atoms with Crippen LogP contribution in [0.4, 0.5) is 5.69 Å². The van der Waals surface area contributed by atoms with E-state index in [0.717, 1.165) is 25.1 Å². The number of anilines is 1. The van der Waals surface area contributed by atoms with Gasteiger partial charge < -0.3 is 4.90 Å². The summed E-state index contributed by atoms with van der Waals surface area (Å²) in [5.74, 6) is 0. The van der Waals surface area contributed by atoms with Gasteiger partial charge in [0.15, 0.2) is 0 Å². The molecule has 1 aliphatic carbocycles. The molecule has 3 aliphatic rings. The van der Waals surface area contributed by atoms with Gasteiger partial charge in [0.1, 0.15) is 17.7 Å². The molecule has 1 aromatic rings. The Bertz CT molecular complexity index is 1080. The topological polar surface area (TPSA) is 50.8 Å². The first-order valence-corrected chi connectivity index (χ1v) is 11.2. The first-order chi connectivity index (χ1) is 14.6. The van der Waals surface area contributed by atoms with Gasteiger partial charge in [-0.05, 0) is 77.5 Å². The van der Waals surface area contributed by atoms with E-state index in [9.17, 15) is 10.5 Å². The molecule has 3 nitrogen and oxygen atoms in total. The summed E-state index contributed by atoms with van der Waals surface area (Å²) in [6.45, 7) is 13.8. The van der Waals surface area contributed by atoms with Crippen LogP contribution in [0, 0.1) is 22.7 Å². The summed E-state index contributed by atoms with van der Waals surface area (Å²) in [5, 5.41) is 18.5. The molecule has 0 aromatic heterocycles. The van der Waals surface area contributed by atoms with Crippen molar-refractivity contribution >= 4 is 11.8 Å². The van der Waals surface area contributed by atoms with Crippen molar-refractivity contribution < 1.29 is 0 Å². The smallest absolute Gasteiger partial charge is 0.136 e. The van der Waals surface area contributed by atoms with Crippen LogP contribution in [0.25, 0.3) is 6.08 Å². The van der Waals surface area contributed by atoms with Crippen LogP contribution >= 0.6 is 0 Å². The zero-order valence-corrected chi connectivity index (χ0v) is 19.3. The van der Waals surface area contributed by atoms with Gasteiger partial charge in [-0.25, -0.2) is 0 Å². The average molecular weight is 410 g/mol. The Morgan fingerprint density at radius 3 is 2.06 bits per heavy atom. The Kier molecular flexibility index (Phi) is 5.18. The minimum atomic E-state index is 0.172. The predicted molar refractivity (Wildman–Crippen MR) is 128 cm³/mol. The Morgan fingerprint density at radius 2 is 1.52 bits per heavy atom. The Labute approximate surface area is 186 Å². The molecule has 2 aliphatic heterocycles. The van der Waals surface area contributed by atoms with Gasteiger partial charge in [-0.15, -0.1) is 0 Å². The van der Waals surface area contributed by atoms with Crippen molar-refractivity contribution in [1.29, 1.82) is 10.5 Å². The lowest BCUT2D eigenvalue weighted by Crippen LogP contribution is -2.44. The van der Waals surface area contributed by atoms with Crippen molar-refractivity contribution in [2.75, 3.05) is 18.0 Å². The third-order valence-corrected chi connectivity index (χ3v) is 7.15. The van der Waals surface area contributed by atoms with Gasteiger partial charge in [-0.2, -0.15) is 10.5 Å². The number of rotatable bonds is 2. The highest BCUT2D eigenvalue weighted by molar-refractivity contribution is 5.72. The Morgan fingerprint density at radius 1 is 0.935 bits per heavy atom. The van der Waals surface area contributed by atoms with E-state index in [1.807, 2.05) is 24.3 Å². The molecular formula is C28H31N3. The molecule has 0 bridgehead atoms. The van der Waals surface area contributed by atoms with E-state index in [4.69, 9.17) is 0 Å². The fraction of sp³-hybridized carbons (Fsp3) is 0.429. The van der Waals surface area contributed by atoms with Crippen molar-refractivity contribution in [3.05, 3.63) is 69.3 Å². The fourth-order valence-electron chi connectivity index (χ4n) is 5.10. The summed E-state index contributed by atoms with van der Waals surface area (Å²) in [7, 11) is 0. The number of hydrogen-bond donors (Lipinski definition) is 0. The van der Waals surface area contributed by atoms with E-state index in [0.29, 0.717) is 5.57 Å². The van der Waals surface area contributed by atoms with Crippen molar-refractivity contribution in [2.45, 2.75) is 64.7 Å². The van der Waals surface area contributed by atoms with Crippen LogP contribution in [0.5, 0.6) is 0 Å². The third kappa shape index (κ3) is 3.86. The molecule has 2 heterocycles. The molecule has 1 aromatic carbocycles. The third-order valence-electron chi connectivity index (χ3n) is 7.15. The van der Waals surface area contributed by atoms with Gasteiger partial charge in [0.05, 0.1) is 0 Å². The van der Waals surface area contributed by atoms with Crippen LogP contribution in [0.15, 0.2) is 52.7 Å². The second-order valence-corrected chi connectivity index (χ2v) is 10.5. The summed E-state index contributed by atoms with van der Waals surface area (Å²) < 4.78 is 0. The zero-order valence-electron chi connectivity index (χ0n) is 19.3. The van der Waals surface area contributed by atoms with Crippen LogP contribution in [-0.4, -0.2) is 13.1 Å². The van der Waals surface area contributed by atoms with E-state index < -0.39 is 0 Å². The van der Waals surface area contributed by atoms with Crippen molar-refractivity contribution in [3.8, 4) is 12.1 Å². The highest BCUT2D eigenvalue weighted by atomic mass is 15.2. The largest absolute Gasteiger partial charge is 0.371 e. The maximum atomic E-state index is 9.24. The number of allylic oxidation sites excluding steroid dienone is 7. The molecule has 0 amide bonds. The quantitative estimate of drug-likeness (QED) is 0.525. The molecule has 0 spiro atoms. The van der Waals surface area contributed by atoms with E-state index in [2.05, 4.69) is 63.8 Å². The summed E-state index contributed by atoms with van der Waals surface area (Å²) in [6.07, 6.45) is 11.5.